The van der Waals surface area contributed by atoms with Crippen molar-refractivity contribution in [1.82, 2.24) is 0 Å². The zero-order valence-electron chi connectivity index (χ0n) is 17.8. The van der Waals surface area contributed by atoms with Crippen molar-refractivity contribution >= 4 is 74.6 Å². The van der Waals surface area contributed by atoms with Crippen LogP contribution in [0.4, 0.5) is 10.7 Å². The van der Waals surface area contributed by atoms with Crippen LogP contribution in [-0.2, 0) is 4.74 Å². The fourth-order valence-corrected chi connectivity index (χ4v) is 4.73. The van der Waals surface area contributed by atoms with E-state index < -0.39 is 17.8 Å². The van der Waals surface area contributed by atoms with Crippen LogP contribution < -0.4 is 10.6 Å². The summed E-state index contributed by atoms with van der Waals surface area (Å²) in [5.41, 5.74) is 2.03. The van der Waals surface area contributed by atoms with Crippen molar-refractivity contribution < 1.29 is 19.1 Å². The lowest BCUT2D eigenvalue weighted by Gasteiger charge is -2.08. The molecule has 0 saturated heterocycles. The van der Waals surface area contributed by atoms with Gasteiger partial charge in [0.05, 0.1) is 27.6 Å². The molecule has 1 heterocycles. The Morgan fingerprint density at radius 3 is 2.30 bits per heavy atom. The first-order valence-corrected chi connectivity index (χ1v) is 11.7. The molecule has 172 valence electrons. The van der Waals surface area contributed by atoms with Crippen LogP contribution in [0.15, 0.2) is 36.4 Å². The van der Waals surface area contributed by atoms with Crippen LogP contribution in [0.5, 0.6) is 0 Å². The third kappa shape index (κ3) is 5.68. The molecule has 2 aromatic carbocycles. The van der Waals surface area contributed by atoms with E-state index in [1.165, 1.54) is 18.2 Å². The van der Waals surface area contributed by atoms with Crippen LogP contribution in [0, 0.1) is 13.8 Å². The third-order valence-corrected chi connectivity index (χ3v) is 6.83. The van der Waals surface area contributed by atoms with Gasteiger partial charge in [-0.3, -0.25) is 9.59 Å². The minimum atomic E-state index is -0.652. The van der Waals surface area contributed by atoms with Gasteiger partial charge in [0.1, 0.15) is 5.00 Å². The normalized spacial score (nSPS) is 10.6. The Labute approximate surface area is 209 Å². The predicted octanol–water partition coefficient (Wildman–Crippen LogP) is 7.01. The van der Waals surface area contributed by atoms with E-state index in [9.17, 15) is 14.4 Å². The average molecular weight is 526 g/mol. The van der Waals surface area contributed by atoms with Crippen LogP contribution in [-0.4, -0.2) is 24.4 Å². The van der Waals surface area contributed by atoms with Crippen LogP contribution in [0.25, 0.3) is 0 Å². The number of rotatable bonds is 6. The number of esters is 1. The van der Waals surface area contributed by atoms with Gasteiger partial charge in [-0.2, -0.15) is 0 Å². The van der Waals surface area contributed by atoms with Crippen molar-refractivity contribution in [1.29, 1.82) is 0 Å². The highest BCUT2D eigenvalue weighted by molar-refractivity contribution is 7.19. The van der Waals surface area contributed by atoms with Crippen molar-refractivity contribution in [3.05, 3.63) is 78.6 Å². The zero-order valence-corrected chi connectivity index (χ0v) is 20.9. The summed E-state index contributed by atoms with van der Waals surface area (Å²) < 4.78 is 5.14. The molecule has 0 bridgehead atoms. The molecule has 3 rings (SSSR count). The molecule has 33 heavy (non-hydrogen) atoms. The second-order valence-corrected chi connectivity index (χ2v) is 9.25. The van der Waals surface area contributed by atoms with E-state index in [-0.39, 0.29) is 32.6 Å². The second-order valence-electron chi connectivity index (χ2n) is 6.98. The third-order valence-electron chi connectivity index (χ3n) is 4.67. The van der Waals surface area contributed by atoms with Gasteiger partial charge < -0.3 is 15.4 Å². The van der Waals surface area contributed by atoms with Gasteiger partial charge in [-0.05, 0) is 62.2 Å². The summed E-state index contributed by atoms with van der Waals surface area (Å²) in [5.74, 6) is -1.66. The fourth-order valence-electron chi connectivity index (χ4n) is 2.97. The molecule has 6 nitrogen and oxygen atoms in total. The summed E-state index contributed by atoms with van der Waals surface area (Å²) in [6.45, 7) is 5.27. The molecule has 2 N–H and O–H groups in total. The number of hydrogen-bond donors (Lipinski definition) is 2. The maximum atomic E-state index is 13.0. The summed E-state index contributed by atoms with van der Waals surface area (Å²) in [4.78, 5) is 38.7. The number of aryl methyl sites for hydroxylation is 1. The molecule has 0 atom stereocenters. The van der Waals surface area contributed by atoms with Crippen LogP contribution in [0.3, 0.4) is 0 Å². The molecular formula is C23H19Cl3N2O4S. The van der Waals surface area contributed by atoms with Crippen molar-refractivity contribution in [3.63, 3.8) is 0 Å². The van der Waals surface area contributed by atoms with E-state index >= 15 is 0 Å². The number of amides is 2. The molecule has 2 amide bonds. The van der Waals surface area contributed by atoms with Gasteiger partial charge >= 0.3 is 5.97 Å². The topological polar surface area (TPSA) is 84.5 Å². The number of carbonyl (C=O) groups excluding carboxylic acids is 3. The Morgan fingerprint density at radius 2 is 1.67 bits per heavy atom. The number of ether oxygens (including phenoxy) is 1. The molecule has 0 saturated carbocycles. The van der Waals surface area contributed by atoms with Crippen molar-refractivity contribution in [2.75, 3.05) is 17.2 Å². The number of benzene rings is 2. The van der Waals surface area contributed by atoms with E-state index in [1.807, 2.05) is 6.92 Å². The largest absolute Gasteiger partial charge is 0.462 e. The van der Waals surface area contributed by atoms with Gasteiger partial charge in [-0.25, -0.2) is 4.79 Å². The Hall–Kier alpha value is -2.58. The molecule has 10 heteroatoms. The van der Waals surface area contributed by atoms with Crippen molar-refractivity contribution in [2.45, 2.75) is 20.8 Å². The fraction of sp³-hybridized carbons (Fsp3) is 0.174. The lowest BCUT2D eigenvalue weighted by molar-refractivity contribution is 0.0527. The number of halogens is 3. The standard InChI is InChI=1S/C23H19Cl3N2O4S/c1-4-32-23(31)18-12(3)19(21(30)27-14-7-5-11(2)16(25)10-14)33-22(18)28-20(29)15-8-6-13(24)9-17(15)26/h5-10H,4H2,1-3H3,(H,27,30)(H,28,29). The lowest BCUT2D eigenvalue weighted by atomic mass is 10.1. The zero-order chi connectivity index (χ0) is 24.3. The molecule has 3 aromatic rings. The molecule has 0 radical (unpaired) electrons. The Morgan fingerprint density at radius 1 is 0.939 bits per heavy atom. The SMILES string of the molecule is CCOC(=O)c1c(NC(=O)c2ccc(Cl)cc2Cl)sc(C(=O)Nc2ccc(C)c(Cl)c2)c1C. The molecule has 0 aliphatic heterocycles. The number of hydrogen-bond acceptors (Lipinski definition) is 5. The quantitative estimate of drug-likeness (QED) is 0.339. The molecule has 0 unspecified atom stereocenters. The van der Waals surface area contributed by atoms with Crippen LogP contribution in [0.2, 0.25) is 15.1 Å². The van der Waals surface area contributed by atoms with E-state index in [2.05, 4.69) is 10.6 Å². The predicted molar refractivity (Wildman–Crippen MR) is 134 cm³/mol. The van der Waals surface area contributed by atoms with Crippen LogP contribution in [0.1, 0.15) is 48.4 Å². The monoisotopic (exact) mass is 524 g/mol. The molecule has 0 aliphatic rings. The number of nitrogens with one attached hydrogen (secondary N) is 2. The van der Waals surface area contributed by atoms with Gasteiger partial charge in [-0.15, -0.1) is 11.3 Å². The van der Waals surface area contributed by atoms with E-state index in [1.54, 1.807) is 32.0 Å². The van der Waals surface area contributed by atoms with Crippen molar-refractivity contribution in [3.8, 4) is 0 Å². The summed E-state index contributed by atoms with van der Waals surface area (Å²) >= 11 is 19.1. The van der Waals surface area contributed by atoms with E-state index in [4.69, 9.17) is 39.5 Å². The first-order chi connectivity index (χ1) is 15.6. The molecule has 1 aromatic heterocycles. The Balaban J connectivity index is 1.96. The van der Waals surface area contributed by atoms with Gasteiger partial charge in [0.25, 0.3) is 11.8 Å². The van der Waals surface area contributed by atoms with Gasteiger partial charge in [0, 0.05) is 15.7 Å². The summed E-state index contributed by atoms with van der Waals surface area (Å²) in [6.07, 6.45) is 0. The Kier molecular flexibility index (Phi) is 8.02. The summed E-state index contributed by atoms with van der Waals surface area (Å²) in [6, 6.07) is 9.58. The Bertz CT molecular complexity index is 1260. The number of anilines is 2. The highest BCUT2D eigenvalue weighted by Gasteiger charge is 2.27. The maximum absolute atomic E-state index is 13.0. The second kappa shape index (κ2) is 10.6. The first-order valence-electron chi connectivity index (χ1n) is 9.76. The minimum Gasteiger partial charge on any atom is -0.462 e. The smallest absolute Gasteiger partial charge is 0.341 e. The highest BCUT2D eigenvalue weighted by atomic mass is 35.5. The molecule has 0 spiro atoms. The van der Waals surface area contributed by atoms with Crippen LogP contribution >= 0.6 is 46.1 Å². The minimum absolute atomic E-state index is 0.104. The summed E-state index contributed by atoms with van der Waals surface area (Å²) in [7, 11) is 0. The molecule has 0 fully saturated rings. The summed E-state index contributed by atoms with van der Waals surface area (Å²) in [5, 5.41) is 6.66. The van der Waals surface area contributed by atoms with E-state index in [0.717, 1.165) is 16.9 Å². The number of carbonyl (C=O) groups is 3. The maximum Gasteiger partial charge on any atom is 0.341 e. The molecular weight excluding hydrogens is 507 g/mol. The van der Waals surface area contributed by atoms with Gasteiger partial charge in [0.15, 0.2) is 0 Å². The van der Waals surface area contributed by atoms with E-state index in [0.29, 0.717) is 21.3 Å². The lowest BCUT2D eigenvalue weighted by Crippen LogP contribution is -2.15. The molecule has 0 aliphatic carbocycles. The highest BCUT2D eigenvalue weighted by Crippen LogP contribution is 2.35. The average Bonchev–Trinajstić information content (AvgIpc) is 3.06. The number of thiophene rings is 1. The van der Waals surface area contributed by atoms with Gasteiger partial charge in [0.2, 0.25) is 0 Å². The van der Waals surface area contributed by atoms with Gasteiger partial charge in [-0.1, -0.05) is 40.9 Å². The first kappa shape index (κ1) is 25.1. The van der Waals surface area contributed by atoms with Crippen molar-refractivity contribution in [2.24, 2.45) is 0 Å².